The van der Waals surface area contributed by atoms with Crippen molar-refractivity contribution in [1.29, 1.82) is 0 Å². The Labute approximate surface area is 133 Å². The standard InChI is InChI=1S/C16H15ClN4O/c1-9-7-11(5-6-19-9)15-14(20-16(18)21-15)10-3-4-13(22-2)12(17)8-10/h3-8H,1-2H3,(H3,18,20,21). The van der Waals surface area contributed by atoms with E-state index in [1.807, 2.05) is 37.3 Å². The number of nitrogens with one attached hydrogen (secondary N) is 1. The van der Waals surface area contributed by atoms with Gasteiger partial charge in [-0.1, -0.05) is 11.6 Å². The highest BCUT2D eigenvalue weighted by Gasteiger charge is 2.14. The van der Waals surface area contributed by atoms with Crippen LogP contribution in [0.4, 0.5) is 5.95 Å². The SMILES string of the molecule is COc1ccc(-c2nc(N)[nH]c2-c2ccnc(C)c2)cc1Cl. The maximum Gasteiger partial charge on any atom is 0.198 e. The molecule has 22 heavy (non-hydrogen) atoms. The van der Waals surface area contributed by atoms with Gasteiger partial charge in [0.05, 0.1) is 23.5 Å². The van der Waals surface area contributed by atoms with Gasteiger partial charge in [0.2, 0.25) is 0 Å². The minimum absolute atomic E-state index is 0.353. The van der Waals surface area contributed by atoms with Crippen LogP contribution in [0.15, 0.2) is 36.5 Å². The Morgan fingerprint density at radius 2 is 2.00 bits per heavy atom. The van der Waals surface area contributed by atoms with Crippen LogP contribution < -0.4 is 10.5 Å². The van der Waals surface area contributed by atoms with Crippen LogP contribution in [0.5, 0.6) is 5.75 Å². The second kappa shape index (κ2) is 5.69. The smallest absolute Gasteiger partial charge is 0.198 e. The molecule has 3 rings (SSSR count). The number of rotatable bonds is 3. The lowest BCUT2D eigenvalue weighted by atomic mass is 10.1. The number of hydrogen-bond donors (Lipinski definition) is 2. The number of anilines is 1. The molecule has 0 saturated heterocycles. The first kappa shape index (κ1) is 14.4. The Bertz CT molecular complexity index is 829. The number of halogens is 1. The summed E-state index contributed by atoms with van der Waals surface area (Å²) < 4.78 is 5.18. The van der Waals surface area contributed by atoms with E-state index < -0.39 is 0 Å². The van der Waals surface area contributed by atoms with E-state index >= 15 is 0 Å². The minimum atomic E-state index is 0.353. The third kappa shape index (κ3) is 2.63. The van der Waals surface area contributed by atoms with Crippen molar-refractivity contribution >= 4 is 17.5 Å². The number of pyridine rings is 1. The molecule has 0 unspecified atom stereocenters. The monoisotopic (exact) mass is 314 g/mol. The van der Waals surface area contributed by atoms with E-state index in [2.05, 4.69) is 15.0 Å². The molecule has 0 aliphatic carbocycles. The van der Waals surface area contributed by atoms with Crippen LogP contribution in [-0.2, 0) is 0 Å². The normalized spacial score (nSPS) is 10.7. The highest BCUT2D eigenvalue weighted by atomic mass is 35.5. The largest absolute Gasteiger partial charge is 0.495 e. The molecule has 0 radical (unpaired) electrons. The van der Waals surface area contributed by atoms with Gasteiger partial charge >= 0.3 is 0 Å². The fraction of sp³-hybridized carbons (Fsp3) is 0.125. The van der Waals surface area contributed by atoms with E-state index in [0.717, 1.165) is 28.2 Å². The Morgan fingerprint density at radius 3 is 2.68 bits per heavy atom. The lowest BCUT2D eigenvalue weighted by molar-refractivity contribution is 0.415. The maximum atomic E-state index is 6.21. The molecule has 5 nitrogen and oxygen atoms in total. The van der Waals surface area contributed by atoms with Gasteiger partial charge in [0.15, 0.2) is 5.95 Å². The van der Waals surface area contributed by atoms with Crippen molar-refractivity contribution in [3.63, 3.8) is 0 Å². The highest BCUT2D eigenvalue weighted by molar-refractivity contribution is 6.32. The van der Waals surface area contributed by atoms with Gasteiger partial charge < -0.3 is 15.5 Å². The molecule has 0 bridgehead atoms. The number of nitrogens with zero attached hydrogens (tertiary/aromatic N) is 2. The van der Waals surface area contributed by atoms with E-state index in [0.29, 0.717) is 16.7 Å². The number of H-pyrrole nitrogens is 1. The molecule has 0 aliphatic heterocycles. The van der Waals surface area contributed by atoms with Crippen LogP contribution in [0.1, 0.15) is 5.69 Å². The van der Waals surface area contributed by atoms with Crippen LogP contribution in [0.3, 0.4) is 0 Å². The molecule has 0 aliphatic rings. The Kier molecular flexibility index (Phi) is 3.73. The van der Waals surface area contributed by atoms with E-state index in [1.54, 1.807) is 13.3 Å². The summed E-state index contributed by atoms with van der Waals surface area (Å²) in [5.41, 5.74) is 10.2. The van der Waals surface area contributed by atoms with Gasteiger partial charge in [-0.3, -0.25) is 4.98 Å². The number of nitrogen functional groups attached to an aromatic ring is 1. The first-order valence-electron chi connectivity index (χ1n) is 6.71. The summed E-state index contributed by atoms with van der Waals surface area (Å²) in [6.07, 6.45) is 1.76. The van der Waals surface area contributed by atoms with Crippen LogP contribution in [0, 0.1) is 6.92 Å². The first-order chi connectivity index (χ1) is 10.6. The van der Waals surface area contributed by atoms with E-state index in [9.17, 15) is 0 Å². The third-order valence-electron chi connectivity index (χ3n) is 3.33. The fourth-order valence-electron chi connectivity index (χ4n) is 2.32. The predicted octanol–water partition coefficient (Wildman–Crippen LogP) is 3.69. The zero-order valence-corrected chi connectivity index (χ0v) is 13.0. The average molecular weight is 315 g/mol. The van der Waals surface area contributed by atoms with E-state index in [4.69, 9.17) is 22.1 Å². The van der Waals surface area contributed by atoms with Gasteiger partial charge in [0.1, 0.15) is 5.75 Å². The molecule has 112 valence electrons. The lowest BCUT2D eigenvalue weighted by Crippen LogP contribution is -1.88. The number of hydrogen-bond acceptors (Lipinski definition) is 4. The number of aryl methyl sites for hydroxylation is 1. The van der Waals surface area contributed by atoms with Gasteiger partial charge in [0, 0.05) is 23.0 Å². The summed E-state index contributed by atoms with van der Waals surface area (Å²) in [7, 11) is 1.58. The minimum Gasteiger partial charge on any atom is -0.495 e. The Hall–Kier alpha value is -2.53. The Balaban J connectivity index is 2.14. The third-order valence-corrected chi connectivity index (χ3v) is 3.63. The molecule has 6 heteroatoms. The van der Waals surface area contributed by atoms with Crippen molar-refractivity contribution in [2.75, 3.05) is 12.8 Å². The van der Waals surface area contributed by atoms with Crippen molar-refractivity contribution in [2.45, 2.75) is 6.92 Å². The fourth-order valence-corrected chi connectivity index (χ4v) is 2.58. The van der Waals surface area contributed by atoms with Crippen LogP contribution in [-0.4, -0.2) is 22.1 Å². The first-order valence-corrected chi connectivity index (χ1v) is 7.08. The molecule has 1 aromatic carbocycles. The molecule has 3 aromatic rings. The van der Waals surface area contributed by atoms with Gasteiger partial charge in [-0.2, -0.15) is 0 Å². The Morgan fingerprint density at radius 1 is 1.18 bits per heavy atom. The summed E-state index contributed by atoms with van der Waals surface area (Å²) in [6, 6.07) is 9.41. The zero-order chi connectivity index (χ0) is 15.7. The number of ether oxygens (including phenoxy) is 1. The summed E-state index contributed by atoms with van der Waals surface area (Å²) in [6.45, 7) is 1.94. The predicted molar refractivity (Wildman–Crippen MR) is 88.0 cm³/mol. The molecular formula is C16H15ClN4O. The second-order valence-electron chi connectivity index (χ2n) is 4.88. The number of methoxy groups -OCH3 is 1. The molecule has 0 saturated carbocycles. The van der Waals surface area contributed by atoms with Gasteiger partial charge in [0.25, 0.3) is 0 Å². The number of aromatic amines is 1. The molecule has 2 heterocycles. The summed E-state index contributed by atoms with van der Waals surface area (Å²) in [5, 5.41) is 0.526. The van der Waals surface area contributed by atoms with Gasteiger partial charge in [-0.05, 0) is 37.3 Å². The van der Waals surface area contributed by atoms with Gasteiger partial charge in [-0.15, -0.1) is 0 Å². The van der Waals surface area contributed by atoms with Crippen LogP contribution in [0.25, 0.3) is 22.5 Å². The highest BCUT2D eigenvalue weighted by Crippen LogP contribution is 2.35. The summed E-state index contributed by atoms with van der Waals surface area (Å²) >= 11 is 6.21. The van der Waals surface area contributed by atoms with Crippen LogP contribution in [0.2, 0.25) is 5.02 Å². The van der Waals surface area contributed by atoms with Crippen molar-refractivity contribution < 1.29 is 4.74 Å². The zero-order valence-electron chi connectivity index (χ0n) is 12.2. The molecule has 2 aromatic heterocycles. The van der Waals surface area contributed by atoms with Crippen molar-refractivity contribution in [3.05, 3.63) is 47.2 Å². The maximum absolute atomic E-state index is 6.21. The number of aromatic nitrogens is 3. The number of benzene rings is 1. The molecule has 0 atom stereocenters. The van der Waals surface area contributed by atoms with E-state index in [1.165, 1.54) is 0 Å². The average Bonchev–Trinajstić information content (AvgIpc) is 2.89. The van der Waals surface area contributed by atoms with Crippen molar-refractivity contribution in [3.8, 4) is 28.3 Å². The lowest BCUT2D eigenvalue weighted by Gasteiger charge is -2.07. The van der Waals surface area contributed by atoms with Crippen LogP contribution >= 0.6 is 11.6 Å². The number of nitrogens with two attached hydrogens (primary N) is 1. The molecule has 0 spiro atoms. The summed E-state index contributed by atoms with van der Waals surface area (Å²) in [4.78, 5) is 11.7. The topological polar surface area (TPSA) is 76.8 Å². The second-order valence-corrected chi connectivity index (χ2v) is 5.29. The van der Waals surface area contributed by atoms with E-state index in [-0.39, 0.29) is 0 Å². The molecular weight excluding hydrogens is 300 g/mol. The summed E-state index contributed by atoms with van der Waals surface area (Å²) in [5.74, 6) is 0.974. The number of imidazole rings is 1. The molecule has 0 fully saturated rings. The molecule has 3 N–H and O–H groups in total. The van der Waals surface area contributed by atoms with Crippen molar-refractivity contribution in [2.24, 2.45) is 0 Å². The van der Waals surface area contributed by atoms with Gasteiger partial charge in [-0.25, -0.2) is 4.98 Å². The molecule has 0 amide bonds. The van der Waals surface area contributed by atoms with Crippen molar-refractivity contribution in [1.82, 2.24) is 15.0 Å². The quantitative estimate of drug-likeness (QED) is 0.773.